The van der Waals surface area contributed by atoms with E-state index in [1.54, 1.807) is 0 Å². The molecular formula is C14H20N2O. The average Bonchev–Trinajstić information content (AvgIpc) is 2.39. The summed E-state index contributed by atoms with van der Waals surface area (Å²) in [5.74, 6) is 0.453. The molecule has 0 aromatic heterocycles. The third-order valence-electron chi connectivity index (χ3n) is 3.63. The van der Waals surface area contributed by atoms with Gasteiger partial charge in [-0.05, 0) is 37.6 Å². The van der Waals surface area contributed by atoms with E-state index in [0.29, 0.717) is 5.78 Å². The van der Waals surface area contributed by atoms with Gasteiger partial charge in [-0.3, -0.25) is 4.79 Å². The molecule has 3 N–H and O–H groups in total. The van der Waals surface area contributed by atoms with Gasteiger partial charge in [0.05, 0.1) is 0 Å². The van der Waals surface area contributed by atoms with Crippen molar-refractivity contribution < 1.29 is 4.79 Å². The Morgan fingerprint density at radius 2 is 2.00 bits per heavy atom. The predicted molar refractivity (Wildman–Crippen MR) is 69.9 cm³/mol. The molecule has 1 heterocycles. The minimum atomic E-state index is -0.0840. The fraction of sp³-hybridized carbons (Fsp3) is 0.500. The Balaban J connectivity index is 2.11. The molecule has 1 unspecified atom stereocenters. The summed E-state index contributed by atoms with van der Waals surface area (Å²) < 4.78 is 0. The lowest BCUT2D eigenvalue weighted by Gasteiger charge is -2.24. The predicted octanol–water partition coefficient (Wildman–Crippen LogP) is 1.94. The van der Waals surface area contributed by atoms with Crippen LogP contribution in [0.5, 0.6) is 0 Å². The van der Waals surface area contributed by atoms with E-state index in [9.17, 15) is 4.79 Å². The zero-order valence-electron chi connectivity index (χ0n) is 10.3. The SMILES string of the molecule is CC(C(=O)C1CCNCC1)c1ccccc1N. The highest BCUT2D eigenvalue weighted by atomic mass is 16.1. The van der Waals surface area contributed by atoms with Crippen molar-refractivity contribution in [3.63, 3.8) is 0 Å². The number of nitrogen functional groups attached to an aromatic ring is 1. The summed E-state index contributed by atoms with van der Waals surface area (Å²) in [5, 5.41) is 3.28. The Bertz CT molecular complexity index is 397. The molecule has 17 heavy (non-hydrogen) atoms. The van der Waals surface area contributed by atoms with Gasteiger partial charge in [-0.15, -0.1) is 0 Å². The molecule has 1 saturated heterocycles. The van der Waals surface area contributed by atoms with Gasteiger partial charge in [-0.2, -0.15) is 0 Å². The van der Waals surface area contributed by atoms with E-state index >= 15 is 0 Å². The summed E-state index contributed by atoms with van der Waals surface area (Å²) in [6.07, 6.45) is 1.91. The average molecular weight is 232 g/mol. The zero-order valence-corrected chi connectivity index (χ0v) is 10.3. The first-order valence-corrected chi connectivity index (χ1v) is 6.29. The summed E-state index contributed by atoms with van der Waals surface area (Å²) >= 11 is 0. The smallest absolute Gasteiger partial charge is 0.143 e. The van der Waals surface area contributed by atoms with E-state index in [2.05, 4.69) is 5.32 Å². The lowest BCUT2D eigenvalue weighted by molar-refractivity contribution is -0.124. The van der Waals surface area contributed by atoms with Crippen LogP contribution in [0.15, 0.2) is 24.3 Å². The second-order valence-electron chi connectivity index (χ2n) is 4.78. The van der Waals surface area contributed by atoms with Crippen LogP contribution in [0.4, 0.5) is 5.69 Å². The maximum absolute atomic E-state index is 12.4. The largest absolute Gasteiger partial charge is 0.398 e. The molecule has 1 aliphatic rings. The number of anilines is 1. The van der Waals surface area contributed by atoms with E-state index in [4.69, 9.17) is 5.73 Å². The molecule has 92 valence electrons. The second-order valence-corrected chi connectivity index (χ2v) is 4.78. The number of nitrogens with two attached hydrogens (primary N) is 1. The molecule has 0 amide bonds. The van der Waals surface area contributed by atoms with Crippen molar-refractivity contribution in [2.45, 2.75) is 25.7 Å². The van der Waals surface area contributed by atoms with Crippen LogP contribution < -0.4 is 11.1 Å². The molecule has 1 fully saturated rings. The van der Waals surface area contributed by atoms with Crippen LogP contribution in [-0.4, -0.2) is 18.9 Å². The lowest BCUT2D eigenvalue weighted by atomic mass is 9.83. The number of ketones is 1. The summed E-state index contributed by atoms with van der Waals surface area (Å²) in [7, 11) is 0. The van der Waals surface area contributed by atoms with Gasteiger partial charge in [-0.1, -0.05) is 25.1 Å². The fourth-order valence-electron chi connectivity index (χ4n) is 2.52. The maximum atomic E-state index is 12.4. The Hall–Kier alpha value is -1.35. The fourth-order valence-corrected chi connectivity index (χ4v) is 2.52. The van der Waals surface area contributed by atoms with Gasteiger partial charge >= 0.3 is 0 Å². The third-order valence-corrected chi connectivity index (χ3v) is 3.63. The topological polar surface area (TPSA) is 55.1 Å². The highest BCUT2D eigenvalue weighted by Gasteiger charge is 2.26. The van der Waals surface area contributed by atoms with Crippen molar-refractivity contribution in [1.29, 1.82) is 0 Å². The Kier molecular flexibility index (Phi) is 3.79. The molecule has 2 rings (SSSR count). The van der Waals surface area contributed by atoms with Crippen molar-refractivity contribution in [1.82, 2.24) is 5.32 Å². The lowest BCUT2D eigenvalue weighted by Crippen LogP contribution is -2.33. The first-order valence-electron chi connectivity index (χ1n) is 6.29. The first kappa shape index (κ1) is 12.1. The van der Waals surface area contributed by atoms with Crippen molar-refractivity contribution in [2.24, 2.45) is 5.92 Å². The van der Waals surface area contributed by atoms with Crippen molar-refractivity contribution in [3.8, 4) is 0 Å². The van der Waals surface area contributed by atoms with Gasteiger partial charge in [-0.25, -0.2) is 0 Å². The molecular weight excluding hydrogens is 212 g/mol. The molecule has 0 saturated carbocycles. The van der Waals surface area contributed by atoms with Gasteiger partial charge in [0.15, 0.2) is 0 Å². The zero-order chi connectivity index (χ0) is 12.3. The van der Waals surface area contributed by atoms with Crippen molar-refractivity contribution >= 4 is 11.5 Å². The van der Waals surface area contributed by atoms with Gasteiger partial charge in [0.2, 0.25) is 0 Å². The van der Waals surface area contributed by atoms with Gasteiger partial charge in [0.25, 0.3) is 0 Å². The Labute approximate surface area is 102 Å². The molecule has 0 spiro atoms. The molecule has 1 aliphatic heterocycles. The number of carbonyl (C=O) groups is 1. The number of benzene rings is 1. The van der Waals surface area contributed by atoms with Gasteiger partial charge in [0, 0.05) is 17.5 Å². The molecule has 3 heteroatoms. The van der Waals surface area contributed by atoms with E-state index in [-0.39, 0.29) is 11.8 Å². The Morgan fingerprint density at radius 3 is 2.65 bits per heavy atom. The Morgan fingerprint density at radius 1 is 1.35 bits per heavy atom. The van der Waals surface area contributed by atoms with Crippen molar-refractivity contribution in [3.05, 3.63) is 29.8 Å². The monoisotopic (exact) mass is 232 g/mol. The number of rotatable bonds is 3. The van der Waals surface area contributed by atoms with Crippen LogP contribution in [-0.2, 0) is 4.79 Å². The van der Waals surface area contributed by atoms with Crippen LogP contribution in [0.1, 0.15) is 31.2 Å². The van der Waals surface area contributed by atoms with E-state index in [1.807, 2.05) is 31.2 Å². The number of Topliss-reactive ketones (excluding diaryl/α,β-unsaturated/α-hetero) is 1. The third kappa shape index (κ3) is 2.67. The van der Waals surface area contributed by atoms with E-state index < -0.39 is 0 Å². The highest BCUT2D eigenvalue weighted by molar-refractivity contribution is 5.88. The number of piperidine rings is 1. The maximum Gasteiger partial charge on any atom is 0.143 e. The number of nitrogens with one attached hydrogen (secondary N) is 1. The molecule has 1 atom stereocenters. The number of hydrogen-bond acceptors (Lipinski definition) is 3. The molecule has 3 nitrogen and oxygen atoms in total. The molecule has 0 bridgehead atoms. The summed E-state index contributed by atoms with van der Waals surface area (Å²) in [4.78, 5) is 12.4. The van der Waals surface area contributed by atoms with E-state index in [0.717, 1.165) is 37.2 Å². The number of para-hydroxylation sites is 1. The highest BCUT2D eigenvalue weighted by Crippen LogP contribution is 2.27. The summed E-state index contributed by atoms with van der Waals surface area (Å²) in [6.45, 7) is 3.87. The summed E-state index contributed by atoms with van der Waals surface area (Å²) in [6, 6.07) is 7.67. The minimum Gasteiger partial charge on any atom is -0.398 e. The standard InChI is InChI=1S/C14H20N2O/c1-10(12-4-2-3-5-13(12)15)14(17)11-6-8-16-9-7-11/h2-5,10-11,16H,6-9,15H2,1H3. The second kappa shape index (κ2) is 5.32. The van der Waals surface area contributed by atoms with E-state index in [1.165, 1.54) is 0 Å². The van der Waals surface area contributed by atoms with Crippen LogP contribution in [0, 0.1) is 5.92 Å². The van der Waals surface area contributed by atoms with Gasteiger partial charge in [0.1, 0.15) is 5.78 Å². The molecule has 1 aromatic carbocycles. The number of hydrogen-bond donors (Lipinski definition) is 2. The van der Waals surface area contributed by atoms with Gasteiger partial charge < -0.3 is 11.1 Å². The first-order chi connectivity index (χ1) is 8.20. The summed E-state index contributed by atoms with van der Waals surface area (Å²) in [5.41, 5.74) is 7.62. The normalized spacial score (nSPS) is 18.9. The molecule has 1 aromatic rings. The minimum absolute atomic E-state index is 0.0840. The molecule has 0 aliphatic carbocycles. The van der Waals surface area contributed by atoms with Crippen LogP contribution >= 0.6 is 0 Å². The number of carbonyl (C=O) groups excluding carboxylic acids is 1. The van der Waals surface area contributed by atoms with Crippen LogP contribution in [0.25, 0.3) is 0 Å². The quantitative estimate of drug-likeness (QED) is 0.783. The van der Waals surface area contributed by atoms with Crippen molar-refractivity contribution in [2.75, 3.05) is 18.8 Å². The van der Waals surface area contributed by atoms with Crippen LogP contribution in [0.2, 0.25) is 0 Å². The van der Waals surface area contributed by atoms with Crippen LogP contribution in [0.3, 0.4) is 0 Å². The molecule has 0 radical (unpaired) electrons.